The van der Waals surface area contributed by atoms with Crippen molar-refractivity contribution >= 4 is 22.6 Å². The molecule has 2 aromatic heterocycles. The van der Waals surface area contributed by atoms with Crippen LogP contribution in [0.5, 0.6) is 0 Å². The molecule has 7 nitrogen and oxygen atoms in total. The second kappa shape index (κ2) is 8.44. The lowest BCUT2D eigenvalue weighted by molar-refractivity contribution is 0.0272. The first kappa shape index (κ1) is 20.3. The summed E-state index contributed by atoms with van der Waals surface area (Å²) < 4.78 is 13.3. The molecule has 1 aliphatic heterocycles. The summed E-state index contributed by atoms with van der Waals surface area (Å²) in [7, 11) is 0. The number of esters is 1. The summed E-state index contributed by atoms with van der Waals surface area (Å²) in [5.74, 6) is -0.341. The van der Waals surface area contributed by atoms with Gasteiger partial charge in [0.25, 0.3) is 0 Å². The standard InChI is InChI=1S/C23H28N4O3/c1-5-29-23(28)20-11-24-21-17(4)8-15(2)9-19(21)22(20)26-6-7-30-18(13-26)14-27-12-16(3)10-25-27/h8-12,18H,5-7,13-14H2,1-4H3. The Bertz CT molecular complexity index is 1080. The van der Waals surface area contributed by atoms with Gasteiger partial charge in [-0.1, -0.05) is 11.6 Å². The van der Waals surface area contributed by atoms with Gasteiger partial charge in [0.05, 0.1) is 43.3 Å². The summed E-state index contributed by atoms with van der Waals surface area (Å²) in [6.07, 6.45) is 5.49. The van der Waals surface area contributed by atoms with Crippen LogP contribution in [0.25, 0.3) is 10.9 Å². The van der Waals surface area contributed by atoms with Crippen LogP contribution in [0.1, 0.15) is 34.0 Å². The molecule has 1 saturated heterocycles. The first-order valence-corrected chi connectivity index (χ1v) is 10.4. The van der Waals surface area contributed by atoms with Crippen molar-refractivity contribution in [1.29, 1.82) is 0 Å². The monoisotopic (exact) mass is 408 g/mol. The van der Waals surface area contributed by atoms with Crippen LogP contribution >= 0.6 is 0 Å². The molecule has 0 aliphatic carbocycles. The van der Waals surface area contributed by atoms with Gasteiger partial charge < -0.3 is 14.4 Å². The highest BCUT2D eigenvalue weighted by Crippen LogP contribution is 2.34. The number of carbonyl (C=O) groups is 1. The molecule has 0 radical (unpaired) electrons. The van der Waals surface area contributed by atoms with Crippen molar-refractivity contribution in [2.75, 3.05) is 31.2 Å². The summed E-state index contributed by atoms with van der Waals surface area (Å²) in [4.78, 5) is 19.6. The van der Waals surface area contributed by atoms with Gasteiger partial charge in [-0.3, -0.25) is 9.67 Å². The fourth-order valence-electron chi connectivity index (χ4n) is 4.15. The minimum atomic E-state index is -0.341. The predicted octanol–water partition coefficient (Wildman–Crippen LogP) is 3.44. The molecule has 1 aromatic carbocycles. The van der Waals surface area contributed by atoms with Gasteiger partial charge in [0, 0.05) is 30.9 Å². The molecular formula is C23H28N4O3. The number of benzene rings is 1. The molecule has 3 aromatic rings. The number of pyridine rings is 1. The second-order valence-corrected chi connectivity index (χ2v) is 7.90. The zero-order chi connectivity index (χ0) is 21.3. The summed E-state index contributed by atoms with van der Waals surface area (Å²) in [5, 5.41) is 5.37. The quantitative estimate of drug-likeness (QED) is 0.603. The van der Waals surface area contributed by atoms with Crippen LogP contribution in [-0.4, -0.2) is 53.1 Å². The van der Waals surface area contributed by atoms with Gasteiger partial charge in [0.2, 0.25) is 0 Å². The lowest BCUT2D eigenvalue weighted by Crippen LogP contribution is -2.45. The second-order valence-electron chi connectivity index (χ2n) is 7.90. The number of ether oxygens (including phenoxy) is 2. The molecule has 1 unspecified atom stereocenters. The number of anilines is 1. The molecule has 3 heterocycles. The molecule has 0 amide bonds. The van der Waals surface area contributed by atoms with E-state index in [4.69, 9.17) is 9.47 Å². The lowest BCUT2D eigenvalue weighted by Gasteiger charge is -2.36. The molecule has 30 heavy (non-hydrogen) atoms. The third-order valence-corrected chi connectivity index (χ3v) is 5.38. The summed E-state index contributed by atoms with van der Waals surface area (Å²) >= 11 is 0. The van der Waals surface area contributed by atoms with Crippen LogP contribution in [0.15, 0.2) is 30.7 Å². The summed E-state index contributed by atoms with van der Waals surface area (Å²) in [6.45, 7) is 10.9. The smallest absolute Gasteiger partial charge is 0.341 e. The van der Waals surface area contributed by atoms with Crippen molar-refractivity contribution in [3.8, 4) is 0 Å². The number of morpholine rings is 1. The Labute approximate surface area is 176 Å². The minimum absolute atomic E-state index is 0.0257. The van der Waals surface area contributed by atoms with Crippen molar-refractivity contribution in [1.82, 2.24) is 14.8 Å². The van der Waals surface area contributed by atoms with E-state index in [9.17, 15) is 4.79 Å². The number of carbonyl (C=O) groups excluding carboxylic acids is 1. The zero-order valence-corrected chi connectivity index (χ0v) is 18.0. The van der Waals surface area contributed by atoms with E-state index in [2.05, 4.69) is 41.0 Å². The topological polar surface area (TPSA) is 69.5 Å². The highest BCUT2D eigenvalue weighted by atomic mass is 16.5. The largest absolute Gasteiger partial charge is 0.462 e. The number of fused-ring (bicyclic) bond motifs is 1. The van der Waals surface area contributed by atoms with E-state index in [0.29, 0.717) is 38.4 Å². The number of aromatic nitrogens is 3. The Morgan fingerprint density at radius 1 is 1.23 bits per heavy atom. The fraction of sp³-hybridized carbons (Fsp3) is 0.435. The average molecular weight is 409 g/mol. The molecule has 1 fully saturated rings. The van der Waals surface area contributed by atoms with E-state index in [1.165, 1.54) is 0 Å². The number of nitrogens with zero attached hydrogens (tertiary/aromatic N) is 4. The van der Waals surface area contributed by atoms with Gasteiger partial charge in [0.15, 0.2) is 0 Å². The van der Waals surface area contributed by atoms with E-state index in [-0.39, 0.29) is 12.1 Å². The van der Waals surface area contributed by atoms with Crippen LogP contribution in [0.3, 0.4) is 0 Å². The first-order valence-electron chi connectivity index (χ1n) is 10.4. The van der Waals surface area contributed by atoms with Crippen LogP contribution in [0, 0.1) is 20.8 Å². The molecule has 0 saturated carbocycles. The van der Waals surface area contributed by atoms with E-state index in [1.807, 2.05) is 30.9 Å². The van der Waals surface area contributed by atoms with E-state index in [0.717, 1.165) is 33.3 Å². The maximum atomic E-state index is 12.8. The first-order chi connectivity index (χ1) is 14.5. The zero-order valence-electron chi connectivity index (χ0n) is 18.0. The Morgan fingerprint density at radius 3 is 2.80 bits per heavy atom. The normalized spacial score (nSPS) is 16.8. The molecule has 1 aliphatic rings. The van der Waals surface area contributed by atoms with Gasteiger partial charge in [-0.2, -0.15) is 5.10 Å². The van der Waals surface area contributed by atoms with Gasteiger partial charge >= 0.3 is 5.97 Å². The molecule has 1 atom stereocenters. The van der Waals surface area contributed by atoms with Gasteiger partial charge in [-0.05, 0) is 44.9 Å². The summed E-state index contributed by atoms with van der Waals surface area (Å²) in [5.41, 5.74) is 5.66. The van der Waals surface area contributed by atoms with Gasteiger partial charge in [0.1, 0.15) is 5.56 Å². The summed E-state index contributed by atoms with van der Waals surface area (Å²) in [6, 6.07) is 4.22. The Kier molecular flexibility index (Phi) is 5.72. The molecule has 0 bridgehead atoms. The molecule has 158 valence electrons. The number of aryl methyl sites for hydroxylation is 3. The highest BCUT2D eigenvalue weighted by Gasteiger charge is 2.27. The maximum absolute atomic E-state index is 12.8. The Balaban J connectivity index is 1.74. The molecule has 4 rings (SSSR count). The van der Waals surface area contributed by atoms with Crippen molar-refractivity contribution in [3.63, 3.8) is 0 Å². The molecular weight excluding hydrogens is 380 g/mol. The maximum Gasteiger partial charge on any atom is 0.341 e. The van der Waals surface area contributed by atoms with E-state index in [1.54, 1.807) is 6.20 Å². The number of hydrogen-bond acceptors (Lipinski definition) is 6. The average Bonchev–Trinajstić information content (AvgIpc) is 3.12. The van der Waals surface area contributed by atoms with Crippen molar-refractivity contribution in [3.05, 3.63) is 53.0 Å². The van der Waals surface area contributed by atoms with Crippen LogP contribution in [0.2, 0.25) is 0 Å². The lowest BCUT2D eigenvalue weighted by atomic mass is 10.0. The van der Waals surface area contributed by atoms with Gasteiger partial charge in [-0.15, -0.1) is 0 Å². The molecule has 0 N–H and O–H groups in total. The van der Waals surface area contributed by atoms with Gasteiger partial charge in [-0.25, -0.2) is 4.79 Å². The SMILES string of the molecule is CCOC(=O)c1cnc2c(C)cc(C)cc2c1N1CCOC(Cn2cc(C)cn2)C1. The predicted molar refractivity (Wildman–Crippen MR) is 116 cm³/mol. The van der Waals surface area contributed by atoms with E-state index >= 15 is 0 Å². The highest BCUT2D eigenvalue weighted by molar-refractivity contribution is 6.06. The molecule has 7 heteroatoms. The van der Waals surface area contributed by atoms with Crippen LogP contribution in [0.4, 0.5) is 5.69 Å². The van der Waals surface area contributed by atoms with Crippen LogP contribution in [-0.2, 0) is 16.0 Å². The van der Waals surface area contributed by atoms with Crippen LogP contribution < -0.4 is 4.90 Å². The Morgan fingerprint density at radius 2 is 2.07 bits per heavy atom. The number of hydrogen-bond donors (Lipinski definition) is 0. The third-order valence-electron chi connectivity index (χ3n) is 5.38. The fourth-order valence-corrected chi connectivity index (χ4v) is 4.15. The third kappa shape index (κ3) is 4.03. The Hall–Kier alpha value is -2.93. The minimum Gasteiger partial charge on any atom is -0.462 e. The molecule has 0 spiro atoms. The van der Waals surface area contributed by atoms with Crippen molar-refractivity contribution in [2.45, 2.75) is 40.3 Å². The van der Waals surface area contributed by atoms with Crippen molar-refractivity contribution in [2.24, 2.45) is 0 Å². The van der Waals surface area contributed by atoms with E-state index < -0.39 is 0 Å². The van der Waals surface area contributed by atoms with Crippen molar-refractivity contribution < 1.29 is 14.3 Å². The number of rotatable bonds is 5.